The van der Waals surface area contributed by atoms with E-state index in [4.69, 9.17) is 18.9 Å². The molecule has 0 spiro atoms. The normalized spacial score (nSPS) is 27.0. The molecule has 4 aliphatic rings. The standard InChI is InChI=1S/C32H38O6/c1-2-3-4-20-5-7-21(8-6-20)31(33)37-27-15-16-28(30-24-10-9-23(17-24)29(27)30)38-32(34)22-11-13-25(14-12-22)35-18-26-19-36-26/h11-16,20-21,23-24,26H,2-10,17-19H2,1H3. The maximum atomic E-state index is 13.1. The van der Waals surface area contributed by atoms with Crippen LogP contribution in [0.2, 0.25) is 0 Å². The Morgan fingerprint density at radius 1 is 0.868 bits per heavy atom. The number of fused-ring (bicyclic) bond motifs is 5. The Morgan fingerprint density at radius 2 is 1.53 bits per heavy atom. The predicted octanol–water partition coefficient (Wildman–Crippen LogP) is 6.95. The van der Waals surface area contributed by atoms with Gasteiger partial charge >= 0.3 is 11.9 Å². The molecule has 1 heterocycles. The molecule has 3 unspecified atom stereocenters. The maximum absolute atomic E-state index is 13.1. The highest BCUT2D eigenvalue weighted by molar-refractivity contribution is 5.91. The lowest BCUT2D eigenvalue weighted by Gasteiger charge is -2.28. The molecular weight excluding hydrogens is 480 g/mol. The van der Waals surface area contributed by atoms with Crippen molar-refractivity contribution in [2.45, 2.75) is 89.1 Å². The number of hydrogen-bond donors (Lipinski definition) is 0. The van der Waals surface area contributed by atoms with E-state index in [-0.39, 0.29) is 18.0 Å². The Hall–Kier alpha value is -2.86. The Balaban J connectivity index is 1.12. The quantitative estimate of drug-likeness (QED) is 0.192. The monoisotopic (exact) mass is 518 g/mol. The van der Waals surface area contributed by atoms with E-state index in [0.29, 0.717) is 41.3 Å². The summed E-state index contributed by atoms with van der Waals surface area (Å²) in [5, 5.41) is 0. The first-order chi connectivity index (χ1) is 18.6. The van der Waals surface area contributed by atoms with Crippen molar-refractivity contribution >= 4 is 11.9 Å². The van der Waals surface area contributed by atoms with E-state index < -0.39 is 5.97 Å². The summed E-state index contributed by atoms with van der Waals surface area (Å²) in [6, 6.07) is 10.7. The highest BCUT2D eigenvalue weighted by Gasteiger charge is 2.42. The molecule has 0 aromatic heterocycles. The topological polar surface area (TPSA) is 74.4 Å². The summed E-state index contributed by atoms with van der Waals surface area (Å²) >= 11 is 0. The number of esters is 2. The summed E-state index contributed by atoms with van der Waals surface area (Å²) in [4.78, 5) is 26.1. The fourth-order valence-corrected chi connectivity index (χ4v) is 6.69. The maximum Gasteiger partial charge on any atom is 0.343 e. The average molecular weight is 519 g/mol. The lowest BCUT2D eigenvalue weighted by Crippen LogP contribution is -2.26. The second kappa shape index (κ2) is 11.1. The number of unbranched alkanes of at least 4 members (excludes halogenated alkanes) is 1. The van der Waals surface area contributed by atoms with Crippen LogP contribution in [0.15, 0.2) is 36.4 Å². The average Bonchev–Trinajstić information content (AvgIpc) is 3.54. The molecule has 2 bridgehead atoms. The van der Waals surface area contributed by atoms with E-state index >= 15 is 0 Å². The highest BCUT2D eigenvalue weighted by atomic mass is 16.6. The van der Waals surface area contributed by atoms with Gasteiger partial charge in [0.15, 0.2) is 0 Å². The second-order valence-electron chi connectivity index (χ2n) is 11.6. The Kier molecular flexibility index (Phi) is 7.42. The molecule has 1 aliphatic heterocycles. The van der Waals surface area contributed by atoms with Gasteiger partial charge in [0.25, 0.3) is 0 Å². The number of ether oxygens (including phenoxy) is 4. The summed E-state index contributed by atoms with van der Waals surface area (Å²) in [5.74, 6) is 2.96. The van der Waals surface area contributed by atoms with Crippen LogP contribution in [0.25, 0.3) is 0 Å². The molecule has 0 amide bonds. The van der Waals surface area contributed by atoms with E-state index in [2.05, 4.69) is 6.92 Å². The summed E-state index contributed by atoms with van der Waals surface area (Å²) < 4.78 is 22.8. The van der Waals surface area contributed by atoms with E-state index in [1.807, 2.05) is 12.1 Å². The van der Waals surface area contributed by atoms with Crippen molar-refractivity contribution in [1.29, 1.82) is 0 Å². The predicted molar refractivity (Wildman–Crippen MR) is 143 cm³/mol. The summed E-state index contributed by atoms with van der Waals surface area (Å²) in [5.41, 5.74) is 2.62. The van der Waals surface area contributed by atoms with Gasteiger partial charge in [0, 0.05) is 11.1 Å². The van der Waals surface area contributed by atoms with Crippen molar-refractivity contribution in [3.05, 3.63) is 53.1 Å². The zero-order valence-corrected chi connectivity index (χ0v) is 22.3. The van der Waals surface area contributed by atoms with Crippen molar-refractivity contribution in [1.82, 2.24) is 0 Å². The first-order valence-corrected chi connectivity index (χ1v) is 14.5. The molecule has 0 radical (unpaired) electrons. The van der Waals surface area contributed by atoms with Gasteiger partial charge < -0.3 is 18.9 Å². The molecule has 2 aromatic carbocycles. The minimum Gasteiger partial charge on any atom is -0.491 e. The summed E-state index contributed by atoms with van der Waals surface area (Å²) in [6.45, 7) is 3.50. The molecular formula is C32H38O6. The number of rotatable bonds is 10. The van der Waals surface area contributed by atoms with Crippen LogP contribution in [-0.2, 0) is 9.53 Å². The van der Waals surface area contributed by atoms with Gasteiger partial charge in [-0.3, -0.25) is 4.79 Å². The zero-order valence-electron chi connectivity index (χ0n) is 22.3. The van der Waals surface area contributed by atoms with Gasteiger partial charge in [0.1, 0.15) is 30.0 Å². The third-order valence-electron chi connectivity index (χ3n) is 8.94. The summed E-state index contributed by atoms with van der Waals surface area (Å²) in [6.07, 6.45) is 11.3. The Bertz CT molecular complexity index is 1160. The van der Waals surface area contributed by atoms with E-state index in [9.17, 15) is 9.59 Å². The first-order valence-electron chi connectivity index (χ1n) is 14.5. The third-order valence-corrected chi connectivity index (χ3v) is 8.94. The van der Waals surface area contributed by atoms with Gasteiger partial charge in [0.05, 0.1) is 18.1 Å². The van der Waals surface area contributed by atoms with E-state index in [0.717, 1.165) is 68.6 Å². The molecule has 2 saturated carbocycles. The van der Waals surface area contributed by atoms with Gasteiger partial charge in [0.2, 0.25) is 0 Å². The molecule has 202 valence electrons. The van der Waals surface area contributed by atoms with Gasteiger partial charge in [-0.05, 0) is 99.1 Å². The number of benzene rings is 2. The third kappa shape index (κ3) is 5.47. The van der Waals surface area contributed by atoms with Gasteiger partial charge in [-0.15, -0.1) is 0 Å². The molecule has 3 fully saturated rings. The molecule has 6 rings (SSSR count). The van der Waals surface area contributed by atoms with Crippen LogP contribution in [0.4, 0.5) is 0 Å². The lowest BCUT2D eigenvalue weighted by molar-refractivity contribution is -0.140. The van der Waals surface area contributed by atoms with Crippen LogP contribution in [0.3, 0.4) is 0 Å². The summed E-state index contributed by atoms with van der Waals surface area (Å²) in [7, 11) is 0. The van der Waals surface area contributed by atoms with Crippen LogP contribution in [0.1, 0.15) is 104 Å². The molecule has 3 atom stereocenters. The molecule has 1 saturated heterocycles. The van der Waals surface area contributed by atoms with Crippen LogP contribution < -0.4 is 14.2 Å². The van der Waals surface area contributed by atoms with Crippen LogP contribution in [0, 0.1) is 11.8 Å². The fourth-order valence-electron chi connectivity index (χ4n) is 6.69. The van der Waals surface area contributed by atoms with Crippen molar-refractivity contribution in [2.24, 2.45) is 11.8 Å². The van der Waals surface area contributed by atoms with Crippen molar-refractivity contribution in [3.63, 3.8) is 0 Å². The second-order valence-corrected chi connectivity index (χ2v) is 11.6. The molecule has 6 nitrogen and oxygen atoms in total. The highest BCUT2D eigenvalue weighted by Crippen LogP contribution is 2.58. The minimum absolute atomic E-state index is 0.0108. The lowest BCUT2D eigenvalue weighted by atomic mass is 9.80. The van der Waals surface area contributed by atoms with Gasteiger partial charge in [-0.1, -0.05) is 26.2 Å². The van der Waals surface area contributed by atoms with Crippen LogP contribution in [-0.4, -0.2) is 31.3 Å². The molecule has 2 aromatic rings. The van der Waals surface area contributed by atoms with Crippen molar-refractivity contribution in [2.75, 3.05) is 13.2 Å². The zero-order chi connectivity index (χ0) is 26.1. The number of carbonyl (C=O) groups excluding carboxylic acids is 2. The first kappa shape index (κ1) is 25.4. The van der Waals surface area contributed by atoms with Gasteiger partial charge in [-0.25, -0.2) is 4.79 Å². The Morgan fingerprint density at radius 3 is 2.16 bits per heavy atom. The van der Waals surface area contributed by atoms with Crippen LogP contribution >= 0.6 is 0 Å². The van der Waals surface area contributed by atoms with Crippen molar-refractivity contribution in [3.8, 4) is 17.2 Å². The molecule has 38 heavy (non-hydrogen) atoms. The van der Waals surface area contributed by atoms with E-state index in [1.54, 1.807) is 24.3 Å². The number of hydrogen-bond acceptors (Lipinski definition) is 6. The SMILES string of the molecule is CCCCC1CCC(C(=O)Oc2ccc(OC(=O)c3ccc(OCC4CO4)cc3)c3c2C2CCC3C2)CC1. The Labute approximate surface area is 225 Å². The smallest absolute Gasteiger partial charge is 0.343 e. The fraction of sp³-hybridized carbons (Fsp3) is 0.562. The van der Waals surface area contributed by atoms with Crippen LogP contribution in [0.5, 0.6) is 17.2 Å². The van der Waals surface area contributed by atoms with E-state index in [1.165, 1.54) is 19.3 Å². The minimum atomic E-state index is -0.392. The largest absolute Gasteiger partial charge is 0.491 e. The molecule has 0 N–H and O–H groups in total. The van der Waals surface area contributed by atoms with Gasteiger partial charge in [-0.2, -0.15) is 0 Å². The molecule has 6 heteroatoms. The number of carbonyl (C=O) groups is 2. The van der Waals surface area contributed by atoms with Crippen molar-refractivity contribution < 1.29 is 28.5 Å². The number of epoxide rings is 1. The molecule has 3 aliphatic carbocycles.